The Morgan fingerprint density at radius 2 is 1.86 bits per heavy atom. The summed E-state index contributed by atoms with van der Waals surface area (Å²) >= 11 is 1.62. The van der Waals surface area contributed by atoms with Crippen LogP contribution >= 0.6 is 11.8 Å². The van der Waals surface area contributed by atoms with Crippen LogP contribution in [0, 0.1) is 5.92 Å². The SMILES string of the molecule is CSc1ccc(N2CC(C(=O)NCC(C(=O)O)c3ccccc3)CC2=O)cc1. The van der Waals surface area contributed by atoms with Gasteiger partial charge in [0.05, 0.1) is 11.8 Å². The highest BCUT2D eigenvalue weighted by Gasteiger charge is 2.35. The minimum atomic E-state index is -0.996. The van der Waals surface area contributed by atoms with Gasteiger partial charge in [0.1, 0.15) is 0 Å². The summed E-state index contributed by atoms with van der Waals surface area (Å²) < 4.78 is 0. The number of hydrogen-bond donors (Lipinski definition) is 2. The van der Waals surface area contributed by atoms with E-state index in [0.29, 0.717) is 12.1 Å². The predicted octanol–water partition coefficient (Wildman–Crippen LogP) is 2.75. The number of thioether (sulfide) groups is 1. The van der Waals surface area contributed by atoms with Crippen LogP contribution in [0.15, 0.2) is 59.5 Å². The van der Waals surface area contributed by atoms with Crippen LogP contribution in [0.2, 0.25) is 0 Å². The molecule has 1 fully saturated rings. The molecule has 2 amide bonds. The molecule has 2 atom stereocenters. The predicted molar refractivity (Wildman–Crippen MR) is 109 cm³/mol. The number of carboxylic acids is 1. The first-order valence-electron chi connectivity index (χ1n) is 8.99. The number of nitrogens with one attached hydrogen (secondary N) is 1. The van der Waals surface area contributed by atoms with Gasteiger partial charge in [-0.25, -0.2) is 0 Å². The Balaban J connectivity index is 1.61. The van der Waals surface area contributed by atoms with Crippen LogP contribution in [-0.4, -0.2) is 42.2 Å². The zero-order chi connectivity index (χ0) is 20.1. The number of amides is 2. The molecule has 0 radical (unpaired) electrons. The van der Waals surface area contributed by atoms with E-state index in [2.05, 4.69) is 5.32 Å². The van der Waals surface area contributed by atoms with Crippen LogP contribution in [0.5, 0.6) is 0 Å². The standard InChI is InChI=1S/C21H22N2O4S/c1-28-17-9-7-16(8-10-17)23-13-15(11-19(23)24)20(25)22-12-18(21(26)27)14-5-3-2-4-6-14/h2-10,15,18H,11-13H2,1H3,(H,22,25)(H,26,27). The van der Waals surface area contributed by atoms with Gasteiger partial charge in [-0.05, 0) is 36.1 Å². The fraction of sp³-hybridized carbons (Fsp3) is 0.286. The minimum absolute atomic E-state index is 0.00864. The Hall–Kier alpha value is -2.80. The van der Waals surface area contributed by atoms with Gasteiger partial charge in [-0.2, -0.15) is 0 Å². The van der Waals surface area contributed by atoms with Crippen molar-refractivity contribution in [3.05, 3.63) is 60.2 Å². The molecule has 3 rings (SSSR count). The molecule has 2 unspecified atom stereocenters. The van der Waals surface area contributed by atoms with E-state index in [9.17, 15) is 19.5 Å². The molecule has 2 aromatic rings. The molecule has 0 aromatic heterocycles. The lowest BCUT2D eigenvalue weighted by molar-refractivity contribution is -0.138. The smallest absolute Gasteiger partial charge is 0.312 e. The van der Waals surface area contributed by atoms with Crippen molar-refractivity contribution in [2.75, 3.05) is 24.2 Å². The summed E-state index contributed by atoms with van der Waals surface area (Å²) in [5.74, 6) is -2.70. The lowest BCUT2D eigenvalue weighted by Crippen LogP contribution is -2.37. The van der Waals surface area contributed by atoms with Crippen LogP contribution < -0.4 is 10.2 Å². The fourth-order valence-corrected chi connectivity index (χ4v) is 3.68. The maximum absolute atomic E-state index is 12.5. The molecular weight excluding hydrogens is 376 g/mol. The molecule has 1 heterocycles. The van der Waals surface area contributed by atoms with Crippen LogP contribution in [-0.2, 0) is 14.4 Å². The largest absolute Gasteiger partial charge is 0.481 e. The molecule has 0 aliphatic carbocycles. The van der Waals surface area contributed by atoms with Gasteiger partial charge in [-0.1, -0.05) is 30.3 Å². The van der Waals surface area contributed by atoms with E-state index in [4.69, 9.17) is 0 Å². The first kappa shape index (κ1) is 19.9. The second-order valence-corrected chi connectivity index (χ2v) is 7.53. The topological polar surface area (TPSA) is 86.7 Å². The molecule has 146 valence electrons. The second-order valence-electron chi connectivity index (χ2n) is 6.65. The van der Waals surface area contributed by atoms with Crippen molar-refractivity contribution in [1.29, 1.82) is 0 Å². The van der Waals surface area contributed by atoms with Gasteiger partial charge < -0.3 is 15.3 Å². The zero-order valence-corrected chi connectivity index (χ0v) is 16.3. The average molecular weight is 398 g/mol. The fourth-order valence-electron chi connectivity index (χ4n) is 3.27. The molecule has 0 bridgehead atoms. The van der Waals surface area contributed by atoms with E-state index in [1.807, 2.05) is 36.6 Å². The summed E-state index contributed by atoms with van der Waals surface area (Å²) in [5.41, 5.74) is 1.40. The summed E-state index contributed by atoms with van der Waals surface area (Å²) in [7, 11) is 0. The number of carbonyl (C=O) groups is 3. The van der Waals surface area contributed by atoms with Crippen molar-refractivity contribution in [1.82, 2.24) is 5.32 Å². The molecule has 0 saturated carbocycles. The first-order chi connectivity index (χ1) is 13.5. The third-order valence-electron chi connectivity index (χ3n) is 4.86. The second kappa shape index (κ2) is 8.93. The molecule has 2 aromatic carbocycles. The molecule has 1 aliphatic heterocycles. The molecule has 28 heavy (non-hydrogen) atoms. The van der Waals surface area contributed by atoms with Gasteiger partial charge in [-0.3, -0.25) is 14.4 Å². The summed E-state index contributed by atoms with van der Waals surface area (Å²) in [6.07, 6.45) is 2.11. The van der Waals surface area contributed by atoms with Gasteiger partial charge in [0, 0.05) is 30.1 Å². The Labute approximate surface area is 167 Å². The number of hydrogen-bond acceptors (Lipinski definition) is 4. The summed E-state index contributed by atoms with van der Waals surface area (Å²) in [6.45, 7) is 0.289. The number of benzene rings is 2. The van der Waals surface area contributed by atoms with Crippen LogP contribution in [0.1, 0.15) is 17.9 Å². The van der Waals surface area contributed by atoms with E-state index >= 15 is 0 Å². The van der Waals surface area contributed by atoms with Crippen molar-refractivity contribution >= 4 is 35.2 Å². The molecule has 7 heteroatoms. The minimum Gasteiger partial charge on any atom is -0.481 e. The van der Waals surface area contributed by atoms with E-state index in [0.717, 1.165) is 10.6 Å². The first-order valence-corrected chi connectivity index (χ1v) is 10.2. The van der Waals surface area contributed by atoms with Crippen LogP contribution in [0.4, 0.5) is 5.69 Å². The Morgan fingerprint density at radius 3 is 2.46 bits per heavy atom. The monoisotopic (exact) mass is 398 g/mol. The molecule has 6 nitrogen and oxygen atoms in total. The van der Waals surface area contributed by atoms with Crippen molar-refractivity contribution < 1.29 is 19.5 Å². The Bertz CT molecular complexity index is 854. The van der Waals surface area contributed by atoms with Gasteiger partial charge >= 0.3 is 5.97 Å². The molecule has 1 aliphatic rings. The summed E-state index contributed by atoms with van der Waals surface area (Å²) in [5, 5.41) is 12.2. The van der Waals surface area contributed by atoms with E-state index in [1.54, 1.807) is 40.9 Å². The highest BCUT2D eigenvalue weighted by atomic mass is 32.2. The quantitative estimate of drug-likeness (QED) is 0.701. The molecular formula is C21H22N2O4S. The van der Waals surface area contributed by atoms with Gasteiger partial charge in [-0.15, -0.1) is 11.8 Å². The number of anilines is 1. The molecule has 1 saturated heterocycles. The Kier molecular flexibility index (Phi) is 6.36. The average Bonchev–Trinajstić information content (AvgIpc) is 3.10. The number of rotatable bonds is 7. The third-order valence-corrected chi connectivity index (χ3v) is 5.60. The van der Waals surface area contributed by atoms with Crippen molar-refractivity contribution in [3.63, 3.8) is 0 Å². The van der Waals surface area contributed by atoms with E-state index in [-0.39, 0.29) is 24.8 Å². The number of aliphatic carboxylic acids is 1. The van der Waals surface area contributed by atoms with Gasteiger partial charge in [0.25, 0.3) is 0 Å². The normalized spacial score (nSPS) is 17.4. The summed E-state index contributed by atoms with van der Waals surface area (Å²) in [6, 6.07) is 16.4. The molecule has 0 spiro atoms. The highest BCUT2D eigenvalue weighted by molar-refractivity contribution is 7.98. The van der Waals surface area contributed by atoms with Crippen molar-refractivity contribution in [2.45, 2.75) is 17.2 Å². The van der Waals surface area contributed by atoms with Crippen molar-refractivity contribution in [3.8, 4) is 0 Å². The van der Waals surface area contributed by atoms with Gasteiger partial charge in [0.15, 0.2) is 0 Å². The third kappa shape index (κ3) is 4.54. The van der Waals surface area contributed by atoms with Crippen LogP contribution in [0.25, 0.3) is 0 Å². The van der Waals surface area contributed by atoms with E-state index in [1.165, 1.54) is 0 Å². The number of carboxylic acid groups (broad SMARTS) is 1. The molecule has 2 N–H and O–H groups in total. The van der Waals surface area contributed by atoms with Crippen molar-refractivity contribution in [2.24, 2.45) is 5.92 Å². The number of carbonyl (C=O) groups excluding carboxylic acids is 2. The number of nitrogens with zero attached hydrogens (tertiary/aromatic N) is 1. The Morgan fingerprint density at radius 1 is 1.18 bits per heavy atom. The zero-order valence-electron chi connectivity index (χ0n) is 15.5. The maximum atomic E-state index is 12.5. The lowest BCUT2D eigenvalue weighted by Gasteiger charge is -2.18. The summed E-state index contributed by atoms with van der Waals surface area (Å²) in [4.78, 5) is 39.2. The van der Waals surface area contributed by atoms with Crippen LogP contribution in [0.3, 0.4) is 0 Å². The lowest BCUT2D eigenvalue weighted by atomic mass is 9.99. The van der Waals surface area contributed by atoms with E-state index < -0.39 is 17.8 Å². The van der Waals surface area contributed by atoms with Gasteiger partial charge in [0.2, 0.25) is 11.8 Å². The maximum Gasteiger partial charge on any atom is 0.312 e. The highest BCUT2D eigenvalue weighted by Crippen LogP contribution is 2.27.